The van der Waals surface area contributed by atoms with Crippen LogP contribution in [0.15, 0.2) is 30.5 Å². The minimum atomic E-state index is -0.704. The molecule has 0 fully saturated rings. The van der Waals surface area contributed by atoms with Gasteiger partial charge >= 0.3 is 0 Å². The highest BCUT2D eigenvalue weighted by atomic mass is 35.5. The first-order chi connectivity index (χ1) is 9.90. The average Bonchev–Trinajstić information content (AvgIpc) is 2.40. The molecule has 1 aromatic heterocycles. The van der Waals surface area contributed by atoms with Crippen molar-refractivity contribution in [2.45, 2.75) is 6.92 Å². The number of carbonyl (C=O) groups excluding carboxylic acids is 1. The first-order valence-electron chi connectivity index (χ1n) is 5.80. The van der Waals surface area contributed by atoms with Crippen molar-refractivity contribution in [3.8, 4) is 5.75 Å². The summed E-state index contributed by atoms with van der Waals surface area (Å²) in [5.41, 5.74) is -0.0198. The number of hydrogen-bond acceptors (Lipinski definition) is 5. The molecule has 0 aliphatic heterocycles. The lowest BCUT2D eigenvalue weighted by molar-refractivity contribution is -0.384. The van der Waals surface area contributed by atoms with Crippen molar-refractivity contribution in [1.82, 2.24) is 4.98 Å². The van der Waals surface area contributed by atoms with Gasteiger partial charge in [-0.2, -0.15) is 0 Å². The summed E-state index contributed by atoms with van der Waals surface area (Å²) in [4.78, 5) is 26.2. The van der Waals surface area contributed by atoms with Gasteiger partial charge in [0.05, 0.1) is 15.5 Å². The van der Waals surface area contributed by atoms with Crippen LogP contribution in [0.5, 0.6) is 5.75 Å². The predicted molar refractivity (Wildman–Crippen MR) is 76.7 cm³/mol. The Morgan fingerprint density at radius 3 is 2.81 bits per heavy atom. The highest BCUT2D eigenvalue weighted by Crippen LogP contribution is 2.33. The normalized spacial score (nSPS) is 10.2. The third-order valence-electron chi connectivity index (χ3n) is 2.69. The van der Waals surface area contributed by atoms with Crippen LogP contribution >= 0.6 is 11.6 Å². The molecule has 2 rings (SSSR count). The second kappa shape index (κ2) is 5.76. The van der Waals surface area contributed by atoms with Crippen LogP contribution in [0.4, 0.5) is 11.4 Å². The van der Waals surface area contributed by atoms with Gasteiger partial charge in [-0.1, -0.05) is 17.7 Å². The number of phenolic OH excluding ortho intramolecular Hbond substituents is 1. The Labute approximate surface area is 124 Å². The number of nitro groups is 1. The Kier molecular flexibility index (Phi) is 4.04. The zero-order chi connectivity index (χ0) is 15.6. The van der Waals surface area contributed by atoms with Gasteiger partial charge in [0.1, 0.15) is 5.75 Å². The van der Waals surface area contributed by atoms with Crippen molar-refractivity contribution in [3.05, 3.63) is 56.9 Å². The van der Waals surface area contributed by atoms with Gasteiger partial charge in [0.25, 0.3) is 11.6 Å². The standard InChI is InChI=1S/C13H10ClN3O4/c1-7-5-9(14)8(6-15-7)13(19)16-12-10(17(20)21)3-2-4-11(12)18/h2-6,18H,1H3,(H,16,19). The first kappa shape index (κ1) is 14.7. The van der Waals surface area contributed by atoms with Crippen molar-refractivity contribution < 1.29 is 14.8 Å². The molecule has 0 saturated carbocycles. The summed E-state index contributed by atoms with van der Waals surface area (Å²) in [5, 5.41) is 23.0. The summed E-state index contributed by atoms with van der Waals surface area (Å²) in [6.45, 7) is 1.71. The van der Waals surface area contributed by atoms with Crippen molar-refractivity contribution in [1.29, 1.82) is 0 Å². The van der Waals surface area contributed by atoms with E-state index in [0.29, 0.717) is 5.69 Å². The van der Waals surface area contributed by atoms with Crippen molar-refractivity contribution in [2.24, 2.45) is 0 Å². The van der Waals surface area contributed by atoms with E-state index in [1.165, 1.54) is 30.5 Å². The van der Waals surface area contributed by atoms with E-state index in [1.54, 1.807) is 6.92 Å². The third-order valence-corrected chi connectivity index (χ3v) is 3.00. The summed E-state index contributed by atoms with van der Waals surface area (Å²) in [7, 11) is 0. The smallest absolute Gasteiger partial charge is 0.296 e. The van der Waals surface area contributed by atoms with Gasteiger partial charge in [-0.3, -0.25) is 19.9 Å². The lowest BCUT2D eigenvalue weighted by atomic mass is 10.2. The van der Waals surface area contributed by atoms with Gasteiger partial charge in [0.2, 0.25) is 0 Å². The molecule has 2 N–H and O–H groups in total. The van der Waals surface area contributed by atoms with Crippen LogP contribution in [-0.4, -0.2) is 20.9 Å². The number of para-hydroxylation sites is 1. The number of carbonyl (C=O) groups is 1. The second-order valence-electron chi connectivity index (χ2n) is 4.19. The first-order valence-corrected chi connectivity index (χ1v) is 6.18. The fourth-order valence-corrected chi connectivity index (χ4v) is 1.98. The number of aryl methyl sites for hydroxylation is 1. The van der Waals surface area contributed by atoms with Crippen LogP contribution < -0.4 is 5.32 Å². The van der Waals surface area contributed by atoms with Gasteiger partial charge in [-0.25, -0.2) is 0 Å². The Morgan fingerprint density at radius 1 is 1.48 bits per heavy atom. The van der Waals surface area contributed by atoms with E-state index in [4.69, 9.17) is 11.6 Å². The molecule has 0 bridgehead atoms. The molecule has 0 aliphatic rings. The molecule has 0 aliphatic carbocycles. The fraction of sp³-hybridized carbons (Fsp3) is 0.0769. The summed E-state index contributed by atoms with van der Waals surface area (Å²) in [5.74, 6) is -1.11. The number of rotatable bonds is 3. The molecule has 7 nitrogen and oxygen atoms in total. The number of nitrogens with one attached hydrogen (secondary N) is 1. The number of hydrogen-bond donors (Lipinski definition) is 2. The lowest BCUT2D eigenvalue weighted by Gasteiger charge is -2.09. The van der Waals surface area contributed by atoms with E-state index in [9.17, 15) is 20.0 Å². The van der Waals surface area contributed by atoms with Crippen LogP contribution in [0.25, 0.3) is 0 Å². The SMILES string of the molecule is Cc1cc(Cl)c(C(=O)Nc2c(O)cccc2[N+](=O)[O-])cn1. The zero-order valence-electron chi connectivity index (χ0n) is 10.8. The number of pyridine rings is 1. The Hall–Kier alpha value is -2.67. The number of nitro benzene ring substituents is 1. The molecule has 0 radical (unpaired) electrons. The topological polar surface area (TPSA) is 105 Å². The average molecular weight is 308 g/mol. The number of phenols is 1. The molecule has 21 heavy (non-hydrogen) atoms. The van der Waals surface area contributed by atoms with Gasteiger partial charge in [0, 0.05) is 18.0 Å². The molecular weight excluding hydrogens is 298 g/mol. The summed E-state index contributed by atoms with van der Waals surface area (Å²) in [6, 6.07) is 5.21. The molecule has 8 heteroatoms. The van der Waals surface area contributed by atoms with E-state index >= 15 is 0 Å². The number of aromatic nitrogens is 1. The molecule has 0 unspecified atom stereocenters. The molecule has 1 heterocycles. The largest absolute Gasteiger partial charge is 0.505 e. The monoisotopic (exact) mass is 307 g/mol. The number of anilines is 1. The second-order valence-corrected chi connectivity index (χ2v) is 4.60. The summed E-state index contributed by atoms with van der Waals surface area (Å²) in [6.07, 6.45) is 1.26. The van der Waals surface area contributed by atoms with E-state index < -0.39 is 22.3 Å². The number of amides is 1. The van der Waals surface area contributed by atoms with E-state index in [1.807, 2.05) is 0 Å². The molecule has 2 aromatic rings. The maximum Gasteiger partial charge on any atom is 0.296 e. The van der Waals surface area contributed by atoms with E-state index in [2.05, 4.69) is 10.3 Å². The quantitative estimate of drug-likeness (QED) is 0.515. The fourth-order valence-electron chi connectivity index (χ4n) is 1.68. The van der Waals surface area contributed by atoms with Gasteiger partial charge in [0.15, 0.2) is 5.69 Å². The summed E-state index contributed by atoms with van der Waals surface area (Å²) >= 11 is 5.94. The minimum absolute atomic E-state index is 0.0554. The molecule has 1 amide bonds. The molecule has 0 spiro atoms. The van der Waals surface area contributed by atoms with Crippen LogP contribution in [0.3, 0.4) is 0 Å². The van der Waals surface area contributed by atoms with Gasteiger partial charge in [-0.05, 0) is 19.1 Å². The van der Waals surface area contributed by atoms with E-state index in [-0.39, 0.29) is 16.3 Å². The number of aromatic hydroxyl groups is 1. The Bertz CT molecular complexity index is 733. The van der Waals surface area contributed by atoms with Crippen molar-refractivity contribution in [2.75, 3.05) is 5.32 Å². The highest BCUT2D eigenvalue weighted by Gasteiger charge is 2.21. The lowest BCUT2D eigenvalue weighted by Crippen LogP contribution is -2.14. The molecule has 0 saturated heterocycles. The van der Waals surface area contributed by atoms with Crippen molar-refractivity contribution >= 4 is 28.9 Å². The maximum absolute atomic E-state index is 12.1. The predicted octanol–water partition coefficient (Wildman–Crippen LogP) is 2.91. The third kappa shape index (κ3) is 3.09. The van der Waals surface area contributed by atoms with Crippen molar-refractivity contribution in [3.63, 3.8) is 0 Å². The molecule has 0 atom stereocenters. The van der Waals surface area contributed by atoms with Gasteiger partial charge < -0.3 is 10.4 Å². The zero-order valence-corrected chi connectivity index (χ0v) is 11.6. The minimum Gasteiger partial charge on any atom is -0.505 e. The van der Waals surface area contributed by atoms with Crippen LogP contribution in [0.1, 0.15) is 16.1 Å². The van der Waals surface area contributed by atoms with E-state index in [0.717, 1.165) is 0 Å². The van der Waals surface area contributed by atoms with Gasteiger partial charge in [-0.15, -0.1) is 0 Å². The van der Waals surface area contributed by atoms with Crippen LogP contribution in [0, 0.1) is 17.0 Å². The maximum atomic E-state index is 12.1. The Morgan fingerprint density at radius 2 is 2.19 bits per heavy atom. The summed E-state index contributed by atoms with van der Waals surface area (Å²) < 4.78 is 0. The van der Waals surface area contributed by atoms with Crippen LogP contribution in [0.2, 0.25) is 5.02 Å². The molecule has 108 valence electrons. The number of benzene rings is 1. The Balaban J connectivity index is 2.38. The molecular formula is C13H10ClN3O4. The van der Waals surface area contributed by atoms with Crippen LogP contribution in [-0.2, 0) is 0 Å². The number of halogens is 1. The number of nitrogens with zero attached hydrogens (tertiary/aromatic N) is 2. The molecule has 1 aromatic carbocycles. The highest BCUT2D eigenvalue weighted by molar-refractivity contribution is 6.34.